The molecule has 0 aromatic heterocycles. The van der Waals surface area contributed by atoms with Crippen LogP contribution in [0.3, 0.4) is 0 Å². The second-order valence-corrected chi connectivity index (χ2v) is 6.01. The first kappa shape index (κ1) is 14.0. The Labute approximate surface area is 102 Å². The fourth-order valence-electron chi connectivity index (χ4n) is 2.62. The van der Waals surface area contributed by atoms with E-state index in [0.29, 0.717) is 18.1 Å². The van der Waals surface area contributed by atoms with Gasteiger partial charge < -0.3 is 10.1 Å². The van der Waals surface area contributed by atoms with Gasteiger partial charge in [-0.1, -0.05) is 27.7 Å². The predicted octanol–water partition coefficient (Wildman–Crippen LogP) is 1.78. The van der Waals surface area contributed by atoms with Crippen molar-refractivity contribution in [2.24, 2.45) is 11.8 Å². The molecule has 0 saturated carbocycles. The monoisotopic (exact) mass is 225 g/mol. The molecule has 3 atom stereocenters. The summed E-state index contributed by atoms with van der Waals surface area (Å²) in [5.74, 6) is 1.51. The quantitative estimate of drug-likeness (QED) is 0.696. The van der Waals surface area contributed by atoms with Crippen molar-refractivity contribution in [1.29, 1.82) is 0 Å². The van der Waals surface area contributed by atoms with Gasteiger partial charge in [0.05, 0.1) is 6.10 Å². The molecule has 0 spiro atoms. The zero-order valence-electron chi connectivity index (χ0n) is 11.6. The minimum atomic E-state index is 0.466. The maximum absolute atomic E-state index is 6.01. The van der Waals surface area contributed by atoms with Gasteiger partial charge in [-0.3, -0.25) is 0 Å². The van der Waals surface area contributed by atoms with E-state index in [1.165, 1.54) is 19.3 Å². The van der Waals surface area contributed by atoms with E-state index in [2.05, 4.69) is 40.9 Å². The first-order chi connectivity index (χ1) is 7.49. The average Bonchev–Trinajstić information content (AvgIpc) is 2.44. The summed E-state index contributed by atoms with van der Waals surface area (Å²) in [7, 11) is 2.21. The lowest BCUT2D eigenvalue weighted by atomic mass is 9.86. The zero-order valence-corrected chi connectivity index (χ0v) is 11.6. The lowest BCUT2D eigenvalue weighted by molar-refractivity contribution is 0.0544. The van der Waals surface area contributed by atoms with Crippen molar-refractivity contribution in [2.75, 3.05) is 6.54 Å². The molecule has 94 valence electrons. The molecule has 0 bridgehead atoms. The van der Waals surface area contributed by atoms with Gasteiger partial charge in [-0.15, -0.1) is 0 Å². The van der Waals surface area contributed by atoms with E-state index in [1.807, 2.05) is 0 Å². The van der Waals surface area contributed by atoms with Crippen LogP contribution >= 0.6 is 0 Å². The van der Waals surface area contributed by atoms with Crippen LogP contribution in [0.25, 0.3) is 0 Å². The summed E-state index contributed by atoms with van der Waals surface area (Å²) in [4.78, 5) is 0. The average molecular weight is 225 g/mol. The van der Waals surface area contributed by atoms with Crippen LogP contribution in [0.5, 0.6) is 0 Å². The fraction of sp³-hybridized carbons (Fsp3) is 1.00. The molecule has 1 N–H and O–H groups in total. The van der Waals surface area contributed by atoms with Gasteiger partial charge in [-0.05, 0) is 37.6 Å². The van der Waals surface area contributed by atoms with E-state index >= 15 is 0 Å². The van der Waals surface area contributed by atoms with E-state index in [-0.39, 0.29) is 0 Å². The van der Waals surface area contributed by atoms with E-state index < -0.39 is 0 Å². The molecule has 0 aliphatic carbocycles. The number of hydrogen-bond acceptors (Lipinski definition) is 2. The highest BCUT2D eigenvalue weighted by atomic mass is 16.5. The van der Waals surface area contributed by atoms with E-state index in [1.54, 1.807) is 0 Å². The molecule has 1 unspecified atom stereocenters. The number of hydrogen-bond donors (Lipinski definition) is 1. The van der Waals surface area contributed by atoms with E-state index in [0.717, 1.165) is 18.4 Å². The Morgan fingerprint density at radius 2 is 2.00 bits per heavy atom. The fourth-order valence-corrected chi connectivity index (χ4v) is 2.62. The third kappa shape index (κ3) is 4.88. The largest absolute Gasteiger partial charge is 0.384 e. The van der Waals surface area contributed by atoms with Crippen molar-refractivity contribution in [3.8, 4) is 0 Å². The van der Waals surface area contributed by atoms with Crippen molar-refractivity contribution in [2.45, 2.75) is 65.1 Å². The lowest BCUT2D eigenvalue weighted by Gasteiger charge is -2.21. The molecule has 0 aromatic carbocycles. The van der Waals surface area contributed by atoms with Crippen LogP contribution in [0, 0.1) is 11.8 Å². The summed E-state index contributed by atoms with van der Waals surface area (Å²) in [6.45, 7) is 10.1. The van der Waals surface area contributed by atoms with Gasteiger partial charge >= 0.3 is 0 Å². The van der Waals surface area contributed by atoms with Gasteiger partial charge in [-0.2, -0.15) is 0 Å². The second-order valence-electron chi connectivity index (χ2n) is 6.01. The summed E-state index contributed by atoms with van der Waals surface area (Å²) in [5.41, 5.74) is 0. The van der Waals surface area contributed by atoms with Gasteiger partial charge in [0, 0.05) is 12.0 Å². The number of ether oxygens (including phenoxy) is 1. The summed E-state index contributed by atoms with van der Waals surface area (Å²) in [6.07, 6.45) is 4.23. The van der Waals surface area contributed by atoms with Gasteiger partial charge in [-0.25, -0.2) is 0 Å². The summed E-state index contributed by atoms with van der Waals surface area (Å²) >= 11 is 0. The lowest BCUT2D eigenvalue weighted by Crippen LogP contribution is -2.28. The smallest absolute Gasteiger partial charge is 0.139 e. The van der Waals surface area contributed by atoms with Crippen LogP contribution in [0.1, 0.15) is 47.0 Å². The van der Waals surface area contributed by atoms with Crippen LogP contribution in [-0.4, -0.2) is 32.5 Å². The summed E-state index contributed by atoms with van der Waals surface area (Å²) in [5, 5.41) is 3.51. The van der Waals surface area contributed by atoms with E-state index in [9.17, 15) is 0 Å². The molecule has 1 heterocycles. The SMILES string of the molecule is B[C@H]1CC(CCNC(C)C)[C@@H](CC(C)C)O1. The van der Waals surface area contributed by atoms with Crippen molar-refractivity contribution in [3.63, 3.8) is 0 Å². The van der Waals surface area contributed by atoms with Crippen LogP contribution in [0.2, 0.25) is 0 Å². The molecule has 1 aliphatic rings. The molecule has 1 saturated heterocycles. The Bertz CT molecular complexity index is 196. The van der Waals surface area contributed by atoms with Crippen molar-refractivity contribution in [1.82, 2.24) is 5.32 Å². The standard InChI is InChI=1S/C13H28BNO/c1-9(2)7-12-11(8-13(14)16-12)5-6-15-10(3)4/h9-13,15H,5-8,14H2,1-4H3/t11?,12-,13-/m1/s1. The Morgan fingerprint density at radius 1 is 1.31 bits per heavy atom. The van der Waals surface area contributed by atoms with Gasteiger partial charge in [0.2, 0.25) is 0 Å². The van der Waals surface area contributed by atoms with Crippen LogP contribution in [0.4, 0.5) is 0 Å². The topological polar surface area (TPSA) is 21.3 Å². The molecule has 3 heteroatoms. The molecular weight excluding hydrogens is 197 g/mol. The summed E-state index contributed by atoms with van der Waals surface area (Å²) in [6, 6.07) is 1.07. The van der Waals surface area contributed by atoms with Crippen molar-refractivity contribution in [3.05, 3.63) is 0 Å². The molecule has 2 nitrogen and oxygen atoms in total. The molecule has 16 heavy (non-hydrogen) atoms. The minimum Gasteiger partial charge on any atom is -0.384 e. The molecule has 1 fully saturated rings. The molecular formula is C13H28BNO. The van der Waals surface area contributed by atoms with Crippen molar-refractivity contribution < 1.29 is 4.74 Å². The number of nitrogens with one attached hydrogen (secondary N) is 1. The normalized spacial score (nSPS) is 30.5. The Hall–Kier alpha value is -0.0151. The Morgan fingerprint density at radius 3 is 2.56 bits per heavy atom. The second kappa shape index (κ2) is 6.66. The van der Waals surface area contributed by atoms with E-state index in [4.69, 9.17) is 4.74 Å². The molecule has 0 aromatic rings. The van der Waals surface area contributed by atoms with Crippen LogP contribution < -0.4 is 5.32 Å². The van der Waals surface area contributed by atoms with Crippen LogP contribution in [-0.2, 0) is 4.74 Å². The highest BCUT2D eigenvalue weighted by Gasteiger charge is 2.32. The highest BCUT2D eigenvalue weighted by molar-refractivity contribution is 6.11. The van der Waals surface area contributed by atoms with Crippen molar-refractivity contribution >= 4 is 7.85 Å². The molecule has 0 amide bonds. The molecule has 1 aliphatic heterocycles. The highest BCUT2D eigenvalue weighted by Crippen LogP contribution is 2.31. The Kier molecular flexibility index (Phi) is 5.84. The third-order valence-corrected chi connectivity index (χ3v) is 3.34. The predicted molar refractivity (Wildman–Crippen MR) is 72.5 cm³/mol. The third-order valence-electron chi connectivity index (χ3n) is 3.34. The van der Waals surface area contributed by atoms with Gasteiger partial charge in [0.25, 0.3) is 0 Å². The first-order valence-electron chi connectivity index (χ1n) is 6.87. The summed E-state index contributed by atoms with van der Waals surface area (Å²) < 4.78 is 6.01. The Balaban J connectivity index is 2.31. The molecule has 0 radical (unpaired) electrons. The molecule has 1 rings (SSSR count). The van der Waals surface area contributed by atoms with Gasteiger partial charge in [0.1, 0.15) is 7.85 Å². The van der Waals surface area contributed by atoms with Gasteiger partial charge in [0.15, 0.2) is 0 Å². The van der Waals surface area contributed by atoms with Crippen LogP contribution in [0.15, 0.2) is 0 Å². The minimum absolute atomic E-state index is 0.466. The maximum atomic E-state index is 6.01. The zero-order chi connectivity index (χ0) is 12.1. The number of rotatable bonds is 6. The first-order valence-corrected chi connectivity index (χ1v) is 6.87. The maximum Gasteiger partial charge on any atom is 0.139 e.